The average molecular weight is 392 g/mol. The van der Waals surface area contributed by atoms with Crippen molar-refractivity contribution < 1.29 is 19.7 Å². The van der Waals surface area contributed by atoms with E-state index in [1.54, 1.807) is 19.2 Å². The number of hydrogen-bond acceptors (Lipinski definition) is 4. The van der Waals surface area contributed by atoms with Crippen LogP contribution >= 0.6 is 0 Å². The molecule has 29 heavy (non-hydrogen) atoms. The van der Waals surface area contributed by atoms with Crippen molar-refractivity contribution in [3.05, 3.63) is 52.6 Å². The van der Waals surface area contributed by atoms with Crippen LogP contribution in [0.2, 0.25) is 0 Å². The minimum Gasteiger partial charge on any atom is -0.504 e. The lowest BCUT2D eigenvalue weighted by molar-refractivity contribution is 0.0123. The number of rotatable bonds is 2. The predicted molar refractivity (Wildman–Crippen MR) is 113 cm³/mol. The molecule has 0 amide bonds. The van der Waals surface area contributed by atoms with Crippen LogP contribution < -0.4 is 9.47 Å². The van der Waals surface area contributed by atoms with Gasteiger partial charge in [-0.3, -0.25) is 0 Å². The zero-order chi connectivity index (χ0) is 20.7. The Labute approximate surface area is 171 Å². The predicted octanol–water partition coefficient (Wildman–Crippen LogP) is 5.37. The first kappa shape index (κ1) is 18.4. The van der Waals surface area contributed by atoms with Gasteiger partial charge in [0.2, 0.25) is 0 Å². The van der Waals surface area contributed by atoms with Crippen LogP contribution in [0.1, 0.15) is 61.8 Å². The van der Waals surface area contributed by atoms with E-state index in [1.165, 1.54) is 11.1 Å². The molecule has 2 aromatic carbocycles. The Morgan fingerprint density at radius 2 is 1.83 bits per heavy atom. The molecule has 1 aliphatic heterocycles. The Morgan fingerprint density at radius 1 is 1.07 bits per heavy atom. The second kappa shape index (κ2) is 5.71. The Hall–Kier alpha value is -2.62. The van der Waals surface area contributed by atoms with Crippen LogP contribution in [0, 0.1) is 11.3 Å². The van der Waals surface area contributed by atoms with E-state index in [2.05, 4.69) is 39.8 Å². The first-order valence-electron chi connectivity index (χ1n) is 10.3. The van der Waals surface area contributed by atoms with Crippen LogP contribution in [0.15, 0.2) is 30.3 Å². The molecule has 0 spiro atoms. The molecule has 3 atom stereocenters. The van der Waals surface area contributed by atoms with Crippen molar-refractivity contribution in [1.82, 2.24) is 0 Å². The molecule has 4 nitrogen and oxygen atoms in total. The van der Waals surface area contributed by atoms with E-state index in [4.69, 9.17) is 9.47 Å². The summed E-state index contributed by atoms with van der Waals surface area (Å²) in [5.74, 6) is 2.74. The molecule has 3 unspecified atom stereocenters. The monoisotopic (exact) mass is 392 g/mol. The number of fused-ring (bicyclic) bond motifs is 5. The number of methoxy groups -OCH3 is 1. The van der Waals surface area contributed by atoms with Crippen molar-refractivity contribution in [3.8, 4) is 23.0 Å². The molecule has 2 aliphatic carbocycles. The molecule has 152 valence electrons. The van der Waals surface area contributed by atoms with E-state index in [9.17, 15) is 10.2 Å². The van der Waals surface area contributed by atoms with Gasteiger partial charge in [-0.1, -0.05) is 26.0 Å². The van der Waals surface area contributed by atoms with E-state index < -0.39 is 0 Å². The smallest absolute Gasteiger partial charge is 0.157 e. The molecule has 4 heteroatoms. The van der Waals surface area contributed by atoms with Crippen LogP contribution in [0.25, 0.3) is 6.08 Å². The molecule has 0 bridgehead atoms. The first-order valence-corrected chi connectivity index (χ1v) is 10.3. The average Bonchev–Trinajstić information content (AvgIpc) is 3.01. The van der Waals surface area contributed by atoms with E-state index in [1.807, 2.05) is 12.1 Å². The van der Waals surface area contributed by atoms with Crippen LogP contribution in [0.4, 0.5) is 0 Å². The molecule has 1 heterocycles. The fourth-order valence-corrected chi connectivity index (χ4v) is 5.96. The molecule has 3 aliphatic rings. The van der Waals surface area contributed by atoms with Gasteiger partial charge in [0, 0.05) is 11.6 Å². The van der Waals surface area contributed by atoms with E-state index in [0.717, 1.165) is 29.0 Å². The van der Waals surface area contributed by atoms with Gasteiger partial charge in [0.05, 0.1) is 7.11 Å². The topological polar surface area (TPSA) is 58.9 Å². The number of benzene rings is 2. The minimum atomic E-state index is -0.342. The summed E-state index contributed by atoms with van der Waals surface area (Å²) < 4.78 is 12.1. The number of hydrogen-bond donors (Lipinski definition) is 2. The molecule has 1 fully saturated rings. The van der Waals surface area contributed by atoms with Gasteiger partial charge in [0.25, 0.3) is 0 Å². The highest BCUT2D eigenvalue weighted by Crippen LogP contribution is 2.71. The largest absolute Gasteiger partial charge is 0.504 e. The Morgan fingerprint density at radius 3 is 2.52 bits per heavy atom. The van der Waals surface area contributed by atoms with Gasteiger partial charge < -0.3 is 19.7 Å². The van der Waals surface area contributed by atoms with Gasteiger partial charge in [-0.25, -0.2) is 0 Å². The van der Waals surface area contributed by atoms with Crippen LogP contribution in [0.3, 0.4) is 0 Å². The van der Waals surface area contributed by atoms with Crippen molar-refractivity contribution in [1.29, 1.82) is 0 Å². The molecular weight excluding hydrogens is 364 g/mol. The second-order valence-corrected chi connectivity index (χ2v) is 9.81. The van der Waals surface area contributed by atoms with Gasteiger partial charge in [-0.15, -0.1) is 0 Å². The van der Waals surface area contributed by atoms with Gasteiger partial charge in [-0.05, 0) is 78.3 Å². The van der Waals surface area contributed by atoms with Gasteiger partial charge in [-0.2, -0.15) is 0 Å². The zero-order valence-electron chi connectivity index (χ0n) is 17.6. The van der Waals surface area contributed by atoms with Crippen molar-refractivity contribution in [2.24, 2.45) is 11.3 Å². The van der Waals surface area contributed by atoms with E-state index in [0.29, 0.717) is 11.8 Å². The number of phenols is 2. The highest BCUT2D eigenvalue weighted by atomic mass is 16.5. The van der Waals surface area contributed by atoms with Gasteiger partial charge in [0.1, 0.15) is 17.1 Å². The van der Waals surface area contributed by atoms with Crippen LogP contribution in [0.5, 0.6) is 23.0 Å². The fourth-order valence-electron chi connectivity index (χ4n) is 5.96. The van der Waals surface area contributed by atoms with Crippen LogP contribution in [-0.2, 0) is 6.42 Å². The molecule has 0 radical (unpaired) electrons. The summed E-state index contributed by atoms with van der Waals surface area (Å²) in [6.45, 7) is 8.73. The van der Waals surface area contributed by atoms with Crippen molar-refractivity contribution in [2.45, 2.75) is 51.6 Å². The maximum atomic E-state index is 10.1. The lowest BCUT2D eigenvalue weighted by Crippen LogP contribution is -2.48. The van der Waals surface area contributed by atoms with Gasteiger partial charge in [0.15, 0.2) is 11.5 Å². The summed E-state index contributed by atoms with van der Waals surface area (Å²) >= 11 is 0. The number of aromatic hydroxyl groups is 2. The molecule has 5 rings (SSSR count). The summed E-state index contributed by atoms with van der Waals surface area (Å²) in [7, 11) is 1.73. The van der Waals surface area contributed by atoms with E-state index >= 15 is 0 Å². The molecular formula is C25H28O4. The fraction of sp³-hybridized carbons (Fsp3) is 0.440. The van der Waals surface area contributed by atoms with E-state index in [-0.39, 0.29) is 28.4 Å². The lowest BCUT2D eigenvalue weighted by atomic mass is 9.46. The minimum absolute atomic E-state index is 0.0578. The third kappa shape index (κ3) is 2.44. The summed E-state index contributed by atoms with van der Waals surface area (Å²) in [4.78, 5) is 0. The number of ether oxygens (including phenoxy) is 2. The summed E-state index contributed by atoms with van der Waals surface area (Å²) in [6.07, 6.45) is 5.32. The maximum absolute atomic E-state index is 10.1. The highest BCUT2D eigenvalue weighted by Gasteiger charge is 2.61. The third-order valence-electron chi connectivity index (χ3n) is 7.35. The molecule has 1 saturated carbocycles. The lowest BCUT2D eigenvalue weighted by Gasteiger charge is -2.57. The molecule has 2 aromatic rings. The standard InChI is InChI=1S/C25H28O4/c1-24(2)9-8-14-20(29-24)12-19(28-5)15-11-16-22(21(14)15)23(25(16,3)4)13-6-7-17(26)18(27)10-13/h6-10,12,16,22-23,26-27H,11H2,1-5H3. The summed E-state index contributed by atoms with van der Waals surface area (Å²) in [5, 5.41) is 19.9. The zero-order valence-corrected chi connectivity index (χ0v) is 17.6. The normalized spacial score (nSPS) is 27.3. The second-order valence-electron chi connectivity index (χ2n) is 9.81. The van der Waals surface area contributed by atoms with Gasteiger partial charge >= 0.3 is 0 Å². The molecule has 2 N–H and O–H groups in total. The van der Waals surface area contributed by atoms with Crippen molar-refractivity contribution in [3.63, 3.8) is 0 Å². The molecule has 0 saturated heterocycles. The van der Waals surface area contributed by atoms with Crippen molar-refractivity contribution >= 4 is 6.08 Å². The maximum Gasteiger partial charge on any atom is 0.157 e. The van der Waals surface area contributed by atoms with Crippen LogP contribution in [-0.4, -0.2) is 22.9 Å². The Bertz CT molecular complexity index is 1050. The molecule has 0 aromatic heterocycles. The Kier molecular flexibility index (Phi) is 3.63. The summed E-state index contributed by atoms with van der Waals surface area (Å²) in [5.41, 5.74) is 4.57. The highest BCUT2D eigenvalue weighted by molar-refractivity contribution is 5.72. The van der Waals surface area contributed by atoms with Crippen molar-refractivity contribution in [2.75, 3.05) is 7.11 Å². The summed E-state index contributed by atoms with van der Waals surface area (Å²) in [6, 6.07) is 7.30. The Balaban J connectivity index is 1.68. The quantitative estimate of drug-likeness (QED) is 0.675. The third-order valence-corrected chi connectivity index (χ3v) is 7.35. The first-order chi connectivity index (χ1) is 13.6. The SMILES string of the molecule is COc1cc2c(c3c1CC1C3C(c3ccc(O)c(O)c3)C1(C)C)C=CC(C)(C)O2. The number of phenolic OH excluding ortho intramolecular Hbond substituents is 2.